The Bertz CT molecular complexity index is 463. The molecule has 0 radical (unpaired) electrons. The number of hydrogen-bond acceptors (Lipinski definition) is 4. The minimum Gasteiger partial charge on any atom is -0.465 e. The molecule has 0 heterocycles. The third kappa shape index (κ3) is 3.45. The minimum atomic E-state index is -0.581. The van der Waals surface area contributed by atoms with E-state index in [4.69, 9.17) is 17.3 Å². The highest BCUT2D eigenvalue weighted by Crippen LogP contribution is 2.21. The largest absolute Gasteiger partial charge is 0.465 e. The summed E-state index contributed by atoms with van der Waals surface area (Å²) < 4.78 is 4.58. The Morgan fingerprint density at radius 1 is 1.50 bits per heavy atom. The Kier molecular flexibility index (Phi) is 5.12. The zero-order valence-corrected chi connectivity index (χ0v) is 11.0. The first kappa shape index (κ1) is 14.5. The van der Waals surface area contributed by atoms with Crippen LogP contribution in [0.15, 0.2) is 18.2 Å². The Morgan fingerprint density at radius 3 is 2.72 bits per heavy atom. The number of anilines is 1. The Balaban J connectivity index is 2.92. The summed E-state index contributed by atoms with van der Waals surface area (Å²) in [4.78, 5) is 23.0. The maximum atomic E-state index is 11.6. The van der Waals surface area contributed by atoms with Crippen LogP contribution in [-0.4, -0.2) is 25.0 Å². The number of halogens is 1. The van der Waals surface area contributed by atoms with E-state index in [9.17, 15) is 9.59 Å². The van der Waals surface area contributed by atoms with Gasteiger partial charge in [-0.3, -0.25) is 4.79 Å². The van der Waals surface area contributed by atoms with E-state index in [-0.39, 0.29) is 16.5 Å². The fraction of sp³-hybridized carbons (Fsp3) is 0.333. The van der Waals surface area contributed by atoms with E-state index < -0.39 is 12.0 Å². The molecule has 1 amide bonds. The van der Waals surface area contributed by atoms with E-state index in [1.54, 1.807) is 6.07 Å². The molecule has 0 spiro atoms. The van der Waals surface area contributed by atoms with Gasteiger partial charge in [0.1, 0.15) is 0 Å². The molecule has 3 N–H and O–H groups in total. The van der Waals surface area contributed by atoms with Crippen LogP contribution in [0.25, 0.3) is 0 Å². The second-order valence-corrected chi connectivity index (χ2v) is 4.10. The SMILES string of the molecule is CC[C@H](N)C(=O)Nc1ccc(Cl)c(C(=O)OC)c1. The zero-order valence-electron chi connectivity index (χ0n) is 10.2. The van der Waals surface area contributed by atoms with Gasteiger partial charge in [0.2, 0.25) is 5.91 Å². The van der Waals surface area contributed by atoms with Crippen molar-refractivity contribution in [2.24, 2.45) is 5.73 Å². The van der Waals surface area contributed by atoms with Crippen LogP contribution in [0.2, 0.25) is 5.02 Å². The van der Waals surface area contributed by atoms with Gasteiger partial charge >= 0.3 is 5.97 Å². The van der Waals surface area contributed by atoms with Crippen molar-refractivity contribution in [3.8, 4) is 0 Å². The monoisotopic (exact) mass is 270 g/mol. The maximum absolute atomic E-state index is 11.6. The number of esters is 1. The number of nitrogens with one attached hydrogen (secondary N) is 1. The first-order chi connectivity index (χ1) is 8.49. The van der Waals surface area contributed by atoms with Crippen molar-refractivity contribution >= 4 is 29.2 Å². The van der Waals surface area contributed by atoms with Crippen molar-refractivity contribution in [1.82, 2.24) is 0 Å². The fourth-order valence-corrected chi connectivity index (χ4v) is 1.48. The third-order valence-corrected chi connectivity index (χ3v) is 2.75. The maximum Gasteiger partial charge on any atom is 0.339 e. The van der Waals surface area contributed by atoms with Gasteiger partial charge in [0.05, 0.1) is 23.7 Å². The predicted molar refractivity (Wildman–Crippen MR) is 69.7 cm³/mol. The van der Waals surface area contributed by atoms with Crippen LogP contribution in [0, 0.1) is 0 Å². The van der Waals surface area contributed by atoms with Gasteiger partial charge in [0.15, 0.2) is 0 Å². The van der Waals surface area contributed by atoms with Crippen molar-refractivity contribution in [3.05, 3.63) is 28.8 Å². The molecule has 18 heavy (non-hydrogen) atoms. The summed E-state index contributed by atoms with van der Waals surface area (Å²) in [5, 5.41) is 2.87. The highest BCUT2D eigenvalue weighted by molar-refractivity contribution is 6.33. The fourth-order valence-electron chi connectivity index (χ4n) is 1.29. The number of methoxy groups -OCH3 is 1. The summed E-state index contributed by atoms with van der Waals surface area (Å²) in [5.41, 5.74) is 6.24. The molecule has 0 saturated heterocycles. The van der Waals surface area contributed by atoms with Gasteiger partial charge in [0, 0.05) is 5.69 Å². The van der Waals surface area contributed by atoms with Gasteiger partial charge in [-0.05, 0) is 24.6 Å². The van der Waals surface area contributed by atoms with Crippen molar-refractivity contribution in [2.75, 3.05) is 12.4 Å². The van der Waals surface area contributed by atoms with E-state index in [2.05, 4.69) is 10.1 Å². The molecule has 0 aliphatic carbocycles. The molecule has 0 fully saturated rings. The highest BCUT2D eigenvalue weighted by Gasteiger charge is 2.14. The molecule has 6 heteroatoms. The van der Waals surface area contributed by atoms with E-state index in [0.717, 1.165) is 0 Å². The van der Waals surface area contributed by atoms with Gasteiger partial charge in [-0.2, -0.15) is 0 Å². The molecule has 0 aliphatic heterocycles. The standard InChI is InChI=1S/C12H15ClN2O3/c1-3-10(14)11(16)15-7-4-5-9(13)8(6-7)12(17)18-2/h4-6,10H,3,14H2,1-2H3,(H,15,16)/t10-/m0/s1. The van der Waals surface area contributed by atoms with Crippen LogP contribution in [0.5, 0.6) is 0 Å². The number of amides is 1. The van der Waals surface area contributed by atoms with Gasteiger partial charge in [-0.1, -0.05) is 18.5 Å². The average molecular weight is 271 g/mol. The van der Waals surface area contributed by atoms with Gasteiger partial charge in [-0.25, -0.2) is 4.79 Å². The second-order valence-electron chi connectivity index (χ2n) is 3.69. The molecule has 1 aromatic carbocycles. The lowest BCUT2D eigenvalue weighted by Crippen LogP contribution is -2.34. The molecule has 98 valence electrons. The molecule has 5 nitrogen and oxygen atoms in total. The summed E-state index contributed by atoms with van der Waals surface area (Å²) in [6.45, 7) is 1.81. The first-order valence-corrected chi connectivity index (χ1v) is 5.81. The summed E-state index contributed by atoms with van der Waals surface area (Å²) in [6.07, 6.45) is 0.531. The summed E-state index contributed by atoms with van der Waals surface area (Å²) in [7, 11) is 1.26. The lowest BCUT2D eigenvalue weighted by atomic mass is 10.2. The topological polar surface area (TPSA) is 81.4 Å². The van der Waals surface area contributed by atoms with Crippen LogP contribution < -0.4 is 11.1 Å². The van der Waals surface area contributed by atoms with Crippen LogP contribution >= 0.6 is 11.6 Å². The Morgan fingerprint density at radius 2 is 2.17 bits per heavy atom. The molecule has 0 saturated carbocycles. The number of hydrogen-bond donors (Lipinski definition) is 2. The third-order valence-electron chi connectivity index (χ3n) is 2.42. The van der Waals surface area contributed by atoms with Crippen LogP contribution in [0.1, 0.15) is 23.7 Å². The normalized spacial score (nSPS) is 11.8. The molecule has 1 atom stereocenters. The summed E-state index contributed by atoms with van der Waals surface area (Å²) in [5.74, 6) is -0.869. The number of nitrogens with two attached hydrogens (primary N) is 1. The van der Waals surface area contributed by atoms with E-state index in [1.165, 1.54) is 19.2 Å². The van der Waals surface area contributed by atoms with Crippen molar-refractivity contribution < 1.29 is 14.3 Å². The van der Waals surface area contributed by atoms with Gasteiger partial charge in [-0.15, -0.1) is 0 Å². The van der Waals surface area contributed by atoms with Crippen LogP contribution in [0.4, 0.5) is 5.69 Å². The molecule has 1 rings (SSSR count). The summed E-state index contributed by atoms with van der Waals surface area (Å²) in [6, 6.07) is 3.98. The molecule has 0 aromatic heterocycles. The average Bonchev–Trinajstić information content (AvgIpc) is 2.38. The number of ether oxygens (including phenoxy) is 1. The number of benzene rings is 1. The smallest absolute Gasteiger partial charge is 0.339 e. The summed E-state index contributed by atoms with van der Waals surface area (Å²) >= 11 is 5.86. The van der Waals surface area contributed by atoms with Crippen LogP contribution in [0.3, 0.4) is 0 Å². The molecular formula is C12H15ClN2O3. The quantitative estimate of drug-likeness (QED) is 0.818. The Hall–Kier alpha value is -1.59. The lowest BCUT2D eigenvalue weighted by Gasteiger charge is -2.11. The predicted octanol–water partition coefficient (Wildman–Crippen LogP) is 1.80. The molecule has 1 aromatic rings. The van der Waals surface area contributed by atoms with Crippen molar-refractivity contribution in [3.63, 3.8) is 0 Å². The highest BCUT2D eigenvalue weighted by atomic mass is 35.5. The van der Waals surface area contributed by atoms with Crippen molar-refractivity contribution in [2.45, 2.75) is 19.4 Å². The van der Waals surface area contributed by atoms with E-state index in [0.29, 0.717) is 12.1 Å². The zero-order chi connectivity index (χ0) is 13.7. The van der Waals surface area contributed by atoms with Gasteiger partial charge < -0.3 is 15.8 Å². The number of rotatable bonds is 4. The molecule has 0 unspecified atom stereocenters. The molecule has 0 aliphatic rings. The van der Waals surface area contributed by atoms with Crippen LogP contribution in [-0.2, 0) is 9.53 Å². The molecular weight excluding hydrogens is 256 g/mol. The van der Waals surface area contributed by atoms with E-state index in [1.807, 2.05) is 6.92 Å². The Labute approximate surface area is 110 Å². The van der Waals surface area contributed by atoms with Crippen molar-refractivity contribution in [1.29, 1.82) is 0 Å². The lowest BCUT2D eigenvalue weighted by molar-refractivity contribution is -0.117. The number of carbonyl (C=O) groups excluding carboxylic acids is 2. The number of carbonyl (C=O) groups is 2. The van der Waals surface area contributed by atoms with E-state index >= 15 is 0 Å². The minimum absolute atomic E-state index is 0.196. The molecule has 0 bridgehead atoms. The van der Waals surface area contributed by atoms with Gasteiger partial charge in [0.25, 0.3) is 0 Å². The first-order valence-electron chi connectivity index (χ1n) is 5.44. The second kappa shape index (κ2) is 6.37.